The summed E-state index contributed by atoms with van der Waals surface area (Å²) >= 11 is 9.34. The Morgan fingerprint density at radius 1 is 1.24 bits per heavy atom. The molecule has 0 spiro atoms. The monoisotopic (exact) mass is 368 g/mol. The number of rotatable bonds is 5. The first-order valence-electron chi connectivity index (χ1n) is 6.22. The normalized spacial score (nSPS) is 10.0. The van der Waals surface area contributed by atoms with E-state index in [-0.39, 0.29) is 12.5 Å². The number of anilines is 2. The van der Waals surface area contributed by atoms with Gasteiger partial charge < -0.3 is 15.4 Å². The van der Waals surface area contributed by atoms with Crippen LogP contribution >= 0.6 is 27.5 Å². The van der Waals surface area contributed by atoms with Crippen LogP contribution in [0.5, 0.6) is 5.75 Å². The quantitative estimate of drug-likeness (QED) is 0.832. The lowest BCUT2D eigenvalue weighted by atomic mass is 10.3. The number of ether oxygens (including phenoxy) is 1. The maximum Gasteiger partial charge on any atom is 0.243 e. The second-order valence-electron chi connectivity index (χ2n) is 4.23. The number of halogens is 2. The second kappa shape index (κ2) is 7.33. The van der Waals surface area contributed by atoms with E-state index in [4.69, 9.17) is 16.3 Å². The molecule has 0 aromatic heterocycles. The molecule has 2 aromatic rings. The van der Waals surface area contributed by atoms with E-state index in [0.717, 1.165) is 10.2 Å². The molecular weight excluding hydrogens is 356 g/mol. The smallest absolute Gasteiger partial charge is 0.243 e. The molecule has 0 bridgehead atoms. The molecule has 2 rings (SSSR count). The largest absolute Gasteiger partial charge is 0.495 e. The van der Waals surface area contributed by atoms with E-state index in [1.165, 1.54) is 7.11 Å². The maximum atomic E-state index is 12.0. The number of para-hydroxylation sites is 1. The average Bonchev–Trinajstić information content (AvgIpc) is 2.47. The summed E-state index contributed by atoms with van der Waals surface area (Å²) in [5, 5.41) is 6.35. The lowest BCUT2D eigenvalue weighted by molar-refractivity contribution is -0.114. The molecule has 110 valence electrons. The number of benzene rings is 2. The average molecular weight is 370 g/mol. The Morgan fingerprint density at radius 3 is 2.71 bits per heavy atom. The van der Waals surface area contributed by atoms with Crippen molar-refractivity contribution in [2.75, 3.05) is 24.3 Å². The first kappa shape index (κ1) is 15.7. The summed E-state index contributed by atoms with van der Waals surface area (Å²) in [5.74, 6) is 0.375. The van der Waals surface area contributed by atoms with E-state index in [1.54, 1.807) is 18.2 Å². The Labute approximate surface area is 136 Å². The Bertz CT molecular complexity index is 649. The Morgan fingerprint density at radius 2 is 2.00 bits per heavy atom. The number of amides is 1. The number of carbonyl (C=O) groups is 1. The topological polar surface area (TPSA) is 50.4 Å². The molecular formula is C15H14BrClN2O2. The van der Waals surface area contributed by atoms with E-state index in [9.17, 15) is 4.79 Å². The summed E-state index contributed by atoms with van der Waals surface area (Å²) in [7, 11) is 1.54. The van der Waals surface area contributed by atoms with Crippen LogP contribution in [0.25, 0.3) is 0 Å². The van der Waals surface area contributed by atoms with E-state index in [1.807, 2.05) is 24.3 Å². The van der Waals surface area contributed by atoms with Crippen LogP contribution in [0.15, 0.2) is 46.9 Å². The van der Waals surface area contributed by atoms with E-state index in [0.29, 0.717) is 16.5 Å². The van der Waals surface area contributed by atoms with E-state index < -0.39 is 0 Å². The van der Waals surface area contributed by atoms with Gasteiger partial charge in [0.05, 0.1) is 19.3 Å². The number of carbonyl (C=O) groups excluding carboxylic acids is 1. The standard InChI is InChI=1S/C15H14BrClN2O2/c1-21-14-7-6-10(17)8-13(14)19-15(20)9-18-12-5-3-2-4-11(12)16/h2-8,18H,9H2,1H3,(H,19,20). The zero-order valence-electron chi connectivity index (χ0n) is 11.3. The van der Waals surface area contributed by atoms with Crippen LogP contribution < -0.4 is 15.4 Å². The third-order valence-electron chi connectivity index (χ3n) is 2.75. The van der Waals surface area contributed by atoms with Crippen LogP contribution in [-0.2, 0) is 4.79 Å². The van der Waals surface area contributed by atoms with Crippen LogP contribution in [0.1, 0.15) is 0 Å². The lowest BCUT2D eigenvalue weighted by Crippen LogP contribution is -2.22. The summed E-state index contributed by atoms with van der Waals surface area (Å²) in [6, 6.07) is 12.7. The van der Waals surface area contributed by atoms with Gasteiger partial charge in [0, 0.05) is 15.2 Å². The van der Waals surface area contributed by atoms with Crippen molar-refractivity contribution in [2.45, 2.75) is 0 Å². The third kappa shape index (κ3) is 4.37. The predicted molar refractivity (Wildman–Crippen MR) is 89.3 cm³/mol. The van der Waals surface area contributed by atoms with Gasteiger partial charge in [-0.25, -0.2) is 0 Å². The predicted octanol–water partition coefficient (Wildman–Crippen LogP) is 4.16. The summed E-state index contributed by atoms with van der Waals surface area (Å²) in [5.41, 5.74) is 1.40. The molecule has 6 heteroatoms. The van der Waals surface area contributed by atoms with Crippen molar-refractivity contribution < 1.29 is 9.53 Å². The van der Waals surface area contributed by atoms with Gasteiger partial charge in [0.25, 0.3) is 0 Å². The molecule has 4 nitrogen and oxygen atoms in total. The minimum atomic E-state index is -0.189. The molecule has 0 unspecified atom stereocenters. The highest BCUT2D eigenvalue weighted by molar-refractivity contribution is 9.10. The third-order valence-corrected chi connectivity index (χ3v) is 3.68. The summed E-state index contributed by atoms with van der Waals surface area (Å²) in [6.07, 6.45) is 0. The van der Waals surface area contributed by atoms with Crippen LogP contribution in [0.2, 0.25) is 5.02 Å². The van der Waals surface area contributed by atoms with Gasteiger partial charge in [0.1, 0.15) is 5.75 Å². The number of nitrogens with one attached hydrogen (secondary N) is 2. The first-order valence-corrected chi connectivity index (χ1v) is 7.39. The molecule has 0 aliphatic carbocycles. The molecule has 2 N–H and O–H groups in total. The van der Waals surface area contributed by atoms with Crippen molar-refractivity contribution in [1.82, 2.24) is 0 Å². The van der Waals surface area contributed by atoms with Gasteiger partial charge in [-0.2, -0.15) is 0 Å². The second-order valence-corrected chi connectivity index (χ2v) is 5.52. The van der Waals surface area contributed by atoms with E-state index >= 15 is 0 Å². The van der Waals surface area contributed by atoms with Crippen LogP contribution in [0, 0.1) is 0 Å². The zero-order valence-corrected chi connectivity index (χ0v) is 13.7. The fourth-order valence-electron chi connectivity index (χ4n) is 1.75. The highest BCUT2D eigenvalue weighted by Gasteiger charge is 2.08. The van der Waals surface area contributed by atoms with Crippen molar-refractivity contribution in [2.24, 2.45) is 0 Å². The van der Waals surface area contributed by atoms with Crippen molar-refractivity contribution in [3.8, 4) is 5.75 Å². The van der Waals surface area contributed by atoms with E-state index in [2.05, 4.69) is 26.6 Å². The van der Waals surface area contributed by atoms with Gasteiger partial charge in [0.2, 0.25) is 5.91 Å². The fraction of sp³-hybridized carbons (Fsp3) is 0.133. The Balaban J connectivity index is 1.99. The molecule has 0 atom stereocenters. The van der Waals surface area contributed by atoms with Crippen molar-refractivity contribution in [1.29, 1.82) is 0 Å². The number of methoxy groups -OCH3 is 1. The molecule has 0 aliphatic rings. The van der Waals surface area contributed by atoms with Gasteiger partial charge in [0.15, 0.2) is 0 Å². The van der Waals surface area contributed by atoms with Crippen LogP contribution in [-0.4, -0.2) is 19.6 Å². The Hall–Kier alpha value is -1.72. The SMILES string of the molecule is COc1ccc(Cl)cc1NC(=O)CNc1ccccc1Br. The molecule has 0 aliphatic heterocycles. The van der Waals surface area contributed by atoms with Gasteiger partial charge in [-0.3, -0.25) is 4.79 Å². The highest BCUT2D eigenvalue weighted by atomic mass is 79.9. The first-order chi connectivity index (χ1) is 10.1. The lowest BCUT2D eigenvalue weighted by Gasteiger charge is -2.12. The Kier molecular flexibility index (Phi) is 5.47. The van der Waals surface area contributed by atoms with Crippen LogP contribution in [0.4, 0.5) is 11.4 Å². The molecule has 0 saturated carbocycles. The molecule has 0 radical (unpaired) electrons. The number of hydrogen-bond donors (Lipinski definition) is 2. The zero-order chi connectivity index (χ0) is 15.2. The molecule has 0 fully saturated rings. The molecule has 2 aromatic carbocycles. The van der Waals surface area contributed by atoms with Gasteiger partial charge in [-0.15, -0.1) is 0 Å². The van der Waals surface area contributed by atoms with Crippen molar-refractivity contribution in [3.05, 3.63) is 52.0 Å². The van der Waals surface area contributed by atoms with Gasteiger partial charge in [-0.1, -0.05) is 23.7 Å². The molecule has 0 heterocycles. The van der Waals surface area contributed by atoms with Crippen LogP contribution in [0.3, 0.4) is 0 Å². The van der Waals surface area contributed by atoms with Gasteiger partial charge in [-0.05, 0) is 46.3 Å². The minimum absolute atomic E-state index is 0.137. The summed E-state index contributed by atoms with van der Waals surface area (Å²) in [6.45, 7) is 0.137. The van der Waals surface area contributed by atoms with Gasteiger partial charge >= 0.3 is 0 Å². The summed E-state index contributed by atoms with van der Waals surface area (Å²) < 4.78 is 6.08. The van der Waals surface area contributed by atoms with Crippen molar-refractivity contribution >= 4 is 44.8 Å². The molecule has 21 heavy (non-hydrogen) atoms. The highest BCUT2D eigenvalue weighted by Crippen LogP contribution is 2.27. The minimum Gasteiger partial charge on any atom is -0.495 e. The molecule has 0 saturated heterocycles. The maximum absolute atomic E-state index is 12.0. The molecule has 1 amide bonds. The summed E-state index contributed by atoms with van der Waals surface area (Å²) in [4.78, 5) is 12.0. The number of hydrogen-bond acceptors (Lipinski definition) is 3. The fourth-order valence-corrected chi connectivity index (χ4v) is 2.35. The van der Waals surface area contributed by atoms with Crippen molar-refractivity contribution in [3.63, 3.8) is 0 Å².